The van der Waals surface area contributed by atoms with Gasteiger partial charge in [-0.05, 0) is 36.4 Å². The van der Waals surface area contributed by atoms with Gasteiger partial charge >= 0.3 is 11.9 Å². The average Bonchev–Trinajstić information content (AvgIpc) is 2.61. The van der Waals surface area contributed by atoms with Gasteiger partial charge in [-0.25, -0.2) is 19.6 Å². The molecule has 5 N–H and O–H groups in total. The molecule has 0 unspecified atom stereocenters. The van der Waals surface area contributed by atoms with Crippen molar-refractivity contribution in [1.29, 1.82) is 0 Å². The topological polar surface area (TPSA) is 141 Å². The first-order valence-electron chi connectivity index (χ1n) is 7.48. The fourth-order valence-electron chi connectivity index (χ4n) is 2.42. The highest BCUT2D eigenvalue weighted by atomic mass is 16.5. The molecule has 8 nitrogen and oxygen atoms in total. The third kappa shape index (κ3) is 3.44. The molecule has 3 aromatic rings. The molecular formula is C18H14N4O4. The first-order chi connectivity index (χ1) is 12.5. The molecule has 0 bridgehead atoms. The molecule has 130 valence electrons. The van der Waals surface area contributed by atoms with Crippen molar-refractivity contribution in [2.24, 2.45) is 16.5 Å². The number of nitrogens with two attached hydrogens (primary N) is 2. The molecule has 1 heterocycles. The van der Waals surface area contributed by atoms with Gasteiger partial charge in [0.05, 0.1) is 11.3 Å². The van der Waals surface area contributed by atoms with Crippen LogP contribution in [0.1, 0.15) is 20.8 Å². The first-order valence-corrected chi connectivity index (χ1v) is 7.48. The monoisotopic (exact) mass is 350 g/mol. The molecule has 0 saturated carbocycles. The van der Waals surface area contributed by atoms with E-state index < -0.39 is 11.9 Å². The largest absolute Gasteiger partial charge is 0.476 e. The lowest BCUT2D eigenvalue weighted by Crippen LogP contribution is -2.21. The number of fused-ring (bicyclic) bond motifs is 1. The number of rotatable bonds is 4. The van der Waals surface area contributed by atoms with Crippen LogP contribution >= 0.6 is 0 Å². The molecule has 26 heavy (non-hydrogen) atoms. The van der Waals surface area contributed by atoms with Gasteiger partial charge in [0.25, 0.3) is 0 Å². The van der Waals surface area contributed by atoms with Crippen LogP contribution in [0.25, 0.3) is 10.8 Å². The average molecular weight is 350 g/mol. The number of esters is 1. The van der Waals surface area contributed by atoms with E-state index in [-0.39, 0.29) is 17.4 Å². The Balaban J connectivity index is 1.91. The van der Waals surface area contributed by atoms with Crippen LogP contribution in [0.3, 0.4) is 0 Å². The van der Waals surface area contributed by atoms with E-state index in [1.54, 1.807) is 36.4 Å². The number of carboxylic acid groups (broad SMARTS) is 1. The maximum atomic E-state index is 12.4. The Kier molecular flexibility index (Phi) is 4.48. The fraction of sp³-hybridized carbons (Fsp3) is 0. The third-order valence-corrected chi connectivity index (χ3v) is 3.53. The van der Waals surface area contributed by atoms with Gasteiger partial charge in [-0.2, -0.15) is 0 Å². The van der Waals surface area contributed by atoms with Crippen molar-refractivity contribution in [3.05, 3.63) is 66.0 Å². The second-order valence-electron chi connectivity index (χ2n) is 5.29. The van der Waals surface area contributed by atoms with Gasteiger partial charge in [0.15, 0.2) is 11.7 Å². The summed E-state index contributed by atoms with van der Waals surface area (Å²) >= 11 is 0. The number of nitrogens with zero attached hydrogens (tertiary/aromatic N) is 2. The number of carboxylic acids is 1. The van der Waals surface area contributed by atoms with Crippen molar-refractivity contribution in [2.75, 3.05) is 0 Å². The van der Waals surface area contributed by atoms with Crippen LogP contribution in [-0.4, -0.2) is 28.0 Å². The Morgan fingerprint density at radius 1 is 1.00 bits per heavy atom. The molecule has 0 fully saturated rings. The minimum absolute atomic E-state index is 0.0843. The van der Waals surface area contributed by atoms with Gasteiger partial charge in [0.1, 0.15) is 5.75 Å². The molecule has 8 heteroatoms. The minimum atomic E-state index is -1.16. The Hall–Kier alpha value is -3.94. The van der Waals surface area contributed by atoms with E-state index in [0.717, 1.165) is 0 Å². The number of benzene rings is 2. The van der Waals surface area contributed by atoms with Gasteiger partial charge in [-0.1, -0.05) is 12.1 Å². The highest BCUT2D eigenvalue weighted by Gasteiger charge is 2.15. The molecule has 0 atom stereocenters. The number of hydrogen-bond acceptors (Lipinski definition) is 5. The number of aliphatic imine (C=N–C) groups is 1. The molecule has 0 aliphatic heterocycles. The minimum Gasteiger partial charge on any atom is -0.476 e. The zero-order chi connectivity index (χ0) is 18.7. The predicted octanol–water partition coefficient (Wildman–Crippen LogP) is 2.06. The molecule has 0 spiro atoms. The number of pyridine rings is 1. The second kappa shape index (κ2) is 6.89. The van der Waals surface area contributed by atoms with E-state index in [4.69, 9.17) is 16.2 Å². The SMILES string of the molecule is NC(N)=Nc1ccc(C(=O)Oc2cccc3c(C(=O)O)nccc23)cc1. The molecular weight excluding hydrogens is 336 g/mol. The van der Waals surface area contributed by atoms with E-state index in [0.29, 0.717) is 22.0 Å². The molecule has 0 radical (unpaired) electrons. The molecule has 0 aliphatic carbocycles. The molecule has 0 aliphatic rings. The van der Waals surface area contributed by atoms with Crippen molar-refractivity contribution >= 4 is 34.4 Å². The Morgan fingerprint density at radius 3 is 2.38 bits per heavy atom. The van der Waals surface area contributed by atoms with Crippen molar-refractivity contribution in [3.63, 3.8) is 0 Å². The van der Waals surface area contributed by atoms with Crippen LogP contribution in [0.5, 0.6) is 5.75 Å². The number of aromatic nitrogens is 1. The lowest BCUT2D eigenvalue weighted by molar-refractivity contribution is 0.0691. The molecule has 2 aromatic carbocycles. The summed E-state index contributed by atoms with van der Waals surface area (Å²) in [5.74, 6) is -1.60. The van der Waals surface area contributed by atoms with E-state index >= 15 is 0 Å². The molecule has 3 rings (SSSR count). The van der Waals surface area contributed by atoms with E-state index in [1.165, 1.54) is 18.3 Å². The lowest BCUT2D eigenvalue weighted by Gasteiger charge is -2.09. The highest BCUT2D eigenvalue weighted by molar-refractivity contribution is 6.04. The Bertz CT molecular complexity index is 1030. The smallest absolute Gasteiger partial charge is 0.355 e. The molecule has 1 aromatic heterocycles. The highest BCUT2D eigenvalue weighted by Crippen LogP contribution is 2.28. The summed E-state index contributed by atoms with van der Waals surface area (Å²) in [4.78, 5) is 31.4. The summed E-state index contributed by atoms with van der Waals surface area (Å²) in [5, 5.41) is 10.1. The number of carbonyl (C=O) groups excluding carboxylic acids is 1. The number of hydrogen-bond donors (Lipinski definition) is 3. The van der Waals surface area contributed by atoms with Gasteiger partial charge in [-0.15, -0.1) is 0 Å². The number of guanidine groups is 1. The summed E-state index contributed by atoms with van der Waals surface area (Å²) in [6.45, 7) is 0. The zero-order valence-electron chi connectivity index (χ0n) is 13.4. The van der Waals surface area contributed by atoms with Gasteiger partial charge in [-0.3, -0.25) is 0 Å². The quantitative estimate of drug-likeness (QED) is 0.283. The summed E-state index contributed by atoms with van der Waals surface area (Å²) in [6.07, 6.45) is 1.35. The van der Waals surface area contributed by atoms with Crippen LogP contribution < -0.4 is 16.2 Å². The maximum absolute atomic E-state index is 12.4. The van der Waals surface area contributed by atoms with Crippen LogP contribution in [0.15, 0.2) is 59.7 Å². The number of aromatic carboxylic acids is 1. The van der Waals surface area contributed by atoms with Gasteiger partial charge < -0.3 is 21.3 Å². The third-order valence-electron chi connectivity index (χ3n) is 3.53. The van der Waals surface area contributed by atoms with E-state index in [1.807, 2.05) is 0 Å². The van der Waals surface area contributed by atoms with E-state index in [9.17, 15) is 14.7 Å². The number of ether oxygens (including phenoxy) is 1. The zero-order valence-corrected chi connectivity index (χ0v) is 13.4. The second-order valence-corrected chi connectivity index (χ2v) is 5.29. The van der Waals surface area contributed by atoms with Crippen molar-refractivity contribution in [2.45, 2.75) is 0 Å². The normalized spacial score (nSPS) is 10.3. The summed E-state index contributed by atoms with van der Waals surface area (Å²) in [7, 11) is 0. The molecule has 0 saturated heterocycles. The van der Waals surface area contributed by atoms with Gasteiger partial charge in [0.2, 0.25) is 0 Å². The van der Waals surface area contributed by atoms with Gasteiger partial charge in [0, 0.05) is 17.0 Å². The fourth-order valence-corrected chi connectivity index (χ4v) is 2.42. The van der Waals surface area contributed by atoms with Crippen LogP contribution in [-0.2, 0) is 0 Å². The van der Waals surface area contributed by atoms with Crippen molar-refractivity contribution in [1.82, 2.24) is 4.98 Å². The summed E-state index contributed by atoms with van der Waals surface area (Å²) in [5.41, 5.74) is 11.3. The lowest BCUT2D eigenvalue weighted by atomic mass is 10.1. The first kappa shape index (κ1) is 16.9. The summed E-state index contributed by atoms with van der Waals surface area (Å²) in [6, 6.07) is 12.6. The van der Waals surface area contributed by atoms with Crippen molar-refractivity contribution in [3.8, 4) is 5.75 Å². The van der Waals surface area contributed by atoms with Crippen molar-refractivity contribution < 1.29 is 19.4 Å². The van der Waals surface area contributed by atoms with E-state index in [2.05, 4.69) is 9.98 Å². The number of carbonyl (C=O) groups is 2. The Morgan fingerprint density at radius 2 is 1.73 bits per heavy atom. The van der Waals surface area contributed by atoms with Crippen LogP contribution in [0.2, 0.25) is 0 Å². The van der Waals surface area contributed by atoms with Crippen LogP contribution in [0.4, 0.5) is 5.69 Å². The standard InChI is InChI=1S/C18H14N4O4/c19-18(20)22-11-6-4-10(5-7-11)17(25)26-14-3-1-2-13-12(14)8-9-21-15(13)16(23)24/h1-9H,(H,23,24)(H4,19,20,22). The summed E-state index contributed by atoms with van der Waals surface area (Å²) < 4.78 is 5.42. The van der Waals surface area contributed by atoms with Crippen LogP contribution in [0, 0.1) is 0 Å². The maximum Gasteiger partial charge on any atom is 0.355 e. The predicted molar refractivity (Wildman–Crippen MR) is 95.6 cm³/mol. The molecule has 0 amide bonds. The Labute approximate surface area is 147 Å².